The number of carbonyl (C=O) groups is 2. The van der Waals surface area contributed by atoms with Crippen molar-refractivity contribution in [2.75, 3.05) is 11.5 Å². The first-order valence-corrected chi connectivity index (χ1v) is 7.25. The Morgan fingerprint density at radius 1 is 1.24 bits per heavy atom. The Morgan fingerprint density at radius 2 is 1.82 bits per heavy atom. The first-order chi connectivity index (χ1) is 7.78. The van der Waals surface area contributed by atoms with Gasteiger partial charge in [-0.25, -0.2) is 8.42 Å². The van der Waals surface area contributed by atoms with E-state index < -0.39 is 33.4 Å². The van der Waals surface area contributed by atoms with E-state index in [2.05, 4.69) is 0 Å². The zero-order valence-corrected chi connectivity index (χ0v) is 10.6. The van der Waals surface area contributed by atoms with Crippen molar-refractivity contribution in [1.82, 2.24) is 0 Å². The third-order valence-corrected chi connectivity index (χ3v) is 4.14. The summed E-state index contributed by atoms with van der Waals surface area (Å²) in [6.07, 6.45) is 0.718. The van der Waals surface area contributed by atoms with Gasteiger partial charge in [-0.2, -0.15) is 0 Å². The Bertz CT molecular complexity index is 359. The molecule has 17 heavy (non-hydrogen) atoms. The summed E-state index contributed by atoms with van der Waals surface area (Å²) in [5.74, 6) is -4.03. The van der Waals surface area contributed by atoms with E-state index in [9.17, 15) is 18.0 Å². The van der Waals surface area contributed by atoms with E-state index in [1.54, 1.807) is 0 Å². The largest absolute Gasteiger partial charge is 0.481 e. The lowest BCUT2D eigenvalue weighted by Crippen LogP contribution is -2.26. The van der Waals surface area contributed by atoms with Crippen molar-refractivity contribution in [3.05, 3.63) is 0 Å². The number of hydrogen-bond donors (Lipinski definition) is 2. The van der Waals surface area contributed by atoms with Crippen LogP contribution in [-0.2, 0) is 19.4 Å². The molecule has 0 aromatic heterocycles. The molecule has 0 saturated carbocycles. The molecule has 0 aromatic rings. The maximum Gasteiger partial charge on any atom is 0.307 e. The second-order valence-corrected chi connectivity index (χ2v) is 6.16. The third-order valence-electron chi connectivity index (χ3n) is 2.32. The van der Waals surface area contributed by atoms with Crippen molar-refractivity contribution in [3.8, 4) is 0 Å². The van der Waals surface area contributed by atoms with Crippen LogP contribution in [0.5, 0.6) is 0 Å². The molecule has 0 spiro atoms. The minimum absolute atomic E-state index is 0.0413. The van der Waals surface area contributed by atoms with Crippen molar-refractivity contribution in [2.45, 2.75) is 32.6 Å². The van der Waals surface area contributed by atoms with Crippen LogP contribution >= 0.6 is 0 Å². The van der Waals surface area contributed by atoms with E-state index in [0.29, 0.717) is 12.8 Å². The van der Waals surface area contributed by atoms with E-state index >= 15 is 0 Å². The lowest BCUT2D eigenvalue weighted by molar-refractivity contribution is -0.142. The molecule has 1 unspecified atom stereocenters. The van der Waals surface area contributed by atoms with Crippen LogP contribution in [-0.4, -0.2) is 42.1 Å². The van der Waals surface area contributed by atoms with Crippen molar-refractivity contribution < 1.29 is 28.2 Å². The van der Waals surface area contributed by atoms with E-state index in [1.807, 2.05) is 6.92 Å². The second-order valence-electron chi connectivity index (χ2n) is 3.94. The van der Waals surface area contributed by atoms with Gasteiger partial charge in [0, 0.05) is 6.42 Å². The van der Waals surface area contributed by atoms with E-state index in [1.165, 1.54) is 0 Å². The van der Waals surface area contributed by atoms with Crippen LogP contribution in [0.4, 0.5) is 0 Å². The second kappa shape index (κ2) is 7.26. The molecule has 7 heteroatoms. The summed E-state index contributed by atoms with van der Waals surface area (Å²) in [5.41, 5.74) is 0. The lowest BCUT2D eigenvalue weighted by Gasteiger charge is -2.11. The first-order valence-electron chi connectivity index (χ1n) is 5.43. The average molecular weight is 266 g/mol. The number of carboxylic acids is 2. The minimum atomic E-state index is -3.41. The zero-order valence-electron chi connectivity index (χ0n) is 9.76. The summed E-state index contributed by atoms with van der Waals surface area (Å²) in [6, 6.07) is 0. The zero-order chi connectivity index (χ0) is 13.5. The topological polar surface area (TPSA) is 109 Å². The Hall–Kier alpha value is -1.11. The maximum absolute atomic E-state index is 11.5. The molecular weight excluding hydrogens is 248 g/mol. The molecule has 0 amide bonds. The van der Waals surface area contributed by atoms with Gasteiger partial charge in [0.15, 0.2) is 9.84 Å². The fourth-order valence-corrected chi connectivity index (χ4v) is 3.15. The van der Waals surface area contributed by atoms with Gasteiger partial charge in [-0.3, -0.25) is 9.59 Å². The highest BCUT2D eigenvalue weighted by Crippen LogP contribution is 2.12. The molecule has 6 nitrogen and oxygen atoms in total. The van der Waals surface area contributed by atoms with Crippen molar-refractivity contribution in [2.24, 2.45) is 5.92 Å². The number of rotatable bonds is 9. The van der Waals surface area contributed by atoms with Crippen LogP contribution in [0.25, 0.3) is 0 Å². The smallest absolute Gasteiger partial charge is 0.307 e. The molecule has 2 N–H and O–H groups in total. The Labute approximate surface area is 101 Å². The standard InChI is InChI=1S/C10H18O6S/c1-2-3-6-17(15,16)7-8(10(13)14)4-5-9(11)12/h8H,2-7H2,1H3,(H,11,12)(H,13,14). The normalized spacial score (nSPS) is 13.2. The van der Waals surface area contributed by atoms with Crippen molar-refractivity contribution in [1.29, 1.82) is 0 Å². The number of unbranched alkanes of at least 4 members (excludes halogenated alkanes) is 1. The molecule has 0 bridgehead atoms. The summed E-state index contributed by atoms with van der Waals surface area (Å²) < 4.78 is 23.1. The van der Waals surface area contributed by atoms with Gasteiger partial charge >= 0.3 is 11.9 Å². The summed E-state index contributed by atoms with van der Waals surface area (Å²) in [6.45, 7) is 1.84. The molecular formula is C10H18O6S. The molecule has 0 aliphatic carbocycles. The highest BCUT2D eigenvalue weighted by molar-refractivity contribution is 7.91. The fraction of sp³-hybridized carbons (Fsp3) is 0.800. The Kier molecular flexibility index (Phi) is 6.79. The van der Waals surface area contributed by atoms with Gasteiger partial charge in [-0.05, 0) is 12.8 Å². The SMILES string of the molecule is CCCCS(=O)(=O)CC(CCC(=O)O)C(=O)O. The third kappa shape index (κ3) is 7.73. The van der Waals surface area contributed by atoms with E-state index in [4.69, 9.17) is 10.2 Å². The maximum atomic E-state index is 11.5. The van der Waals surface area contributed by atoms with Crippen LogP contribution < -0.4 is 0 Å². The Balaban J connectivity index is 4.43. The first kappa shape index (κ1) is 15.9. The van der Waals surface area contributed by atoms with Gasteiger partial charge < -0.3 is 10.2 Å². The molecule has 0 radical (unpaired) electrons. The van der Waals surface area contributed by atoms with Gasteiger partial charge in [-0.1, -0.05) is 13.3 Å². The number of carboxylic acid groups (broad SMARTS) is 2. The lowest BCUT2D eigenvalue weighted by atomic mass is 10.1. The monoisotopic (exact) mass is 266 g/mol. The summed E-state index contributed by atoms with van der Waals surface area (Å²) in [7, 11) is -3.41. The molecule has 0 heterocycles. The average Bonchev–Trinajstić information content (AvgIpc) is 2.20. The predicted octanol–water partition coefficient (Wildman–Crippen LogP) is 0.767. The van der Waals surface area contributed by atoms with Crippen LogP contribution in [0.3, 0.4) is 0 Å². The van der Waals surface area contributed by atoms with Gasteiger partial charge in [0.1, 0.15) is 0 Å². The molecule has 0 aliphatic rings. The summed E-state index contributed by atoms with van der Waals surface area (Å²) >= 11 is 0. The number of aliphatic carboxylic acids is 2. The van der Waals surface area contributed by atoms with Gasteiger partial charge in [0.2, 0.25) is 0 Å². The van der Waals surface area contributed by atoms with Crippen LogP contribution in [0.1, 0.15) is 32.6 Å². The van der Waals surface area contributed by atoms with Gasteiger partial charge in [0.25, 0.3) is 0 Å². The highest BCUT2D eigenvalue weighted by Gasteiger charge is 2.25. The van der Waals surface area contributed by atoms with Gasteiger partial charge in [0.05, 0.1) is 17.4 Å². The van der Waals surface area contributed by atoms with Gasteiger partial charge in [-0.15, -0.1) is 0 Å². The molecule has 0 saturated heterocycles. The minimum Gasteiger partial charge on any atom is -0.481 e. The molecule has 0 aromatic carbocycles. The van der Waals surface area contributed by atoms with E-state index in [-0.39, 0.29) is 18.6 Å². The molecule has 0 rings (SSSR count). The summed E-state index contributed by atoms with van der Waals surface area (Å²) in [4.78, 5) is 21.1. The van der Waals surface area contributed by atoms with Crippen LogP contribution in [0.2, 0.25) is 0 Å². The van der Waals surface area contributed by atoms with Crippen LogP contribution in [0, 0.1) is 5.92 Å². The number of sulfone groups is 1. The molecule has 0 aliphatic heterocycles. The van der Waals surface area contributed by atoms with Crippen LogP contribution in [0.15, 0.2) is 0 Å². The number of hydrogen-bond acceptors (Lipinski definition) is 4. The quantitative estimate of drug-likeness (QED) is 0.638. The molecule has 1 atom stereocenters. The highest BCUT2D eigenvalue weighted by atomic mass is 32.2. The molecule has 100 valence electrons. The summed E-state index contributed by atoms with van der Waals surface area (Å²) in [5, 5.41) is 17.3. The Morgan fingerprint density at radius 3 is 2.24 bits per heavy atom. The predicted molar refractivity (Wildman–Crippen MR) is 61.6 cm³/mol. The molecule has 0 fully saturated rings. The fourth-order valence-electron chi connectivity index (χ4n) is 1.33. The van der Waals surface area contributed by atoms with Crippen molar-refractivity contribution in [3.63, 3.8) is 0 Å². The van der Waals surface area contributed by atoms with E-state index in [0.717, 1.165) is 0 Å². The van der Waals surface area contributed by atoms with Crippen molar-refractivity contribution >= 4 is 21.8 Å².